The molecule has 0 unspecified atom stereocenters. The number of furan rings is 1. The summed E-state index contributed by atoms with van der Waals surface area (Å²) < 4.78 is 18.4. The normalized spacial score (nSPS) is 10.6. The van der Waals surface area contributed by atoms with Crippen molar-refractivity contribution >= 4 is 28.2 Å². The van der Waals surface area contributed by atoms with Gasteiger partial charge in [-0.25, -0.2) is 4.39 Å². The average Bonchev–Trinajstić information content (AvgIpc) is 3.24. The lowest BCUT2D eigenvalue weighted by atomic mass is 10.2. The molecule has 0 aliphatic heterocycles. The molecule has 2 aromatic heterocycles. The number of rotatable bonds is 5. The van der Waals surface area contributed by atoms with E-state index in [4.69, 9.17) is 4.42 Å². The summed E-state index contributed by atoms with van der Waals surface area (Å²) in [4.78, 5) is 26.8. The fourth-order valence-electron chi connectivity index (χ4n) is 2.49. The van der Waals surface area contributed by atoms with Gasteiger partial charge in [0, 0.05) is 13.6 Å². The van der Waals surface area contributed by atoms with Gasteiger partial charge < -0.3 is 14.6 Å². The van der Waals surface area contributed by atoms with E-state index in [9.17, 15) is 14.0 Å². The van der Waals surface area contributed by atoms with E-state index in [-0.39, 0.29) is 23.4 Å². The fourth-order valence-corrected chi connectivity index (χ4v) is 3.55. The fraction of sp³-hybridized carbons (Fsp3) is 0.158. The van der Waals surface area contributed by atoms with Crippen LogP contribution in [0.4, 0.5) is 9.39 Å². The van der Waals surface area contributed by atoms with E-state index < -0.39 is 0 Å². The van der Waals surface area contributed by atoms with Crippen molar-refractivity contribution in [3.63, 3.8) is 0 Å². The Bertz CT molecular complexity index is 934. The quantitative estimate of drug-likeness (QED) is 0.726. The Kier molecular flexibility index (Phi) is 5.18. The van der Waals surface area contributed by atoms with Crippen LogP contribution in [0.15, 0.2) is 53.1 Å². The van der Waals surface area contributed by atoms with E-state index in [1.54, 1.807) is 37.4 Å². The minimum absolute atomic E-state index is 0.185. The molecule has 134 valence electrons. The first kappa shape index (κ1) is 17.9. The molecule has 26 heavy (non-hydrogen) atoms. The van der Waals surface area contributed by atoms with Gasteiger partial charge in [0.15, 0.2) is 5.76 Å². The monoisotopic (exact) mass is 372 g/mol. The van der Waals surface area contributed by atoms with Crippen LogP contribution in [0.1, 0.15) is 31.4 Å². The third kappa shape index (κ3) is 4.00. The second kappa shape index (κ2) is 7.53. The maximum Gasteiger partial charge on any atom is 0.291 e. The Morgan fingerprint density at radius 3 is 2.73 bits per heavy atom. The molecule has 0 atom stereocenters. The number of carbonyl (C=O) groups is 2. The molecular formula is C19H17FN2O3S. The number of hydrogen-bond donors (Lipinski definition) is 1. The summed E-state index contributed by atoms with van der Waals surface area (Å²) in [6.07, 6.45) is 1.42. The van der Waals surface area contributed by atoms with Gasteiger partial charge in [-0.2, -0.15) is 0 Å². The number of amides is 2. The van der Waals surface area contributed by atoms with Crippen molar-refractivity contribution in [3.8, 4) is 0 Å². The molecule has 0 radical (unpaired) electrons. The maximum atomic E-state index is 13.3. The number of carbonyl (C=O) groups excluding carboxylic acids is 2. The molecule has 0 aliphatic carbocycles. The highest BCUT2D eigenvalue weighted by Gasteiger charge is 2.19. The van der Waals surface area contributed by atoms with Gasteiger partial charge in [0.1, 0.15) is 5.82 Å². The molecule has 1 N–H and O–H groups in total. The second-order valence-electron chi connectivity index (χ2n) is 5.85. The zero-order valence-corrected chi connectivity index (χ0v) is 15.1. The minimum Gasteiger partial charge on any atom is -0.459 e. The largest absolute Gasteiger partial charge is 0.459 e. The Hall–Kier alpha value is -2.93. The molecular weight excluding hydrogens is 355 g/mol. The molecule has 1 aromatic carbocycles. The van der Waals surface area contributed by atoms with Gasteiger partial charge in [-0.05, 0) is 48.4 Å². The van der Waals surface area contributed by atoms with Gasteiger partial charge in [-0.1, -0.05) is 12.1 Å². The van der Waals surface area contributed by atoms with E-state index >= 15 is 0 Å². The summed E-state index contributed by atoms with van der Waals surface area (Å²) in [7, 11) is 1.66. The zero-order valence-electron chi connectivity index (χ0n) is 14.3. The van der Waals surface area contributed by atoms with Crippen molar-refractivity contribution in [1.82, 2.24) is 4.90 Å². The lowest BCUT2D eigenvalue weighted by molar-refractivity contribution is 0.0789. The van der Waals surface area contributed by atoms with Crippen LogP contribution in [-0.2, 0) is 6.54 Å². The van der Waals surface area contributed by atoms with Crippen molar-refractivity contribution in [2.24, 2.45) is 0 Å². The summed E-state index contributed by atoms with van der Waals surface area (Å²) in [5.41, 5.74) is 1.47. The van der Waals surface area contributed by atoms with Gasteiger partial charge in [-0.3, -0.25) is 9.59 Å². The predicted molar refractivity (Wildman–Crippen MR) is 97.9 cm³/mol. The van der Waals surface area contributed by atoms with Crippen molar-refractivity contribution in [2.45, 2.75) is 13.5 Å². The summed E-state index contributed by atoms with van der Waals surface area (Å²) in [6.45, 7) is 2.10. The molecule has 0 aliphatic rings. The van der Waals surface area contributed by atoms with E-state index in [0.29, 0.717) is 22.0 Å². The minimum atomic E-state index is -0.372. The molecule has 3 aromatic rings. The van der Waals surface area contributed by atoms with Crippen LogP contribution in [0.3, 0.4) is 0 Å². The average molecular weight is 372 g/mol. The van der Waals surface area contributed by atoms with E-state index in [0.717, 1.165) is 5.56 Å². The molecule has 0 bridgehead atoms. The third-order valence-electron chi connectivity index (χ3n) is 3.75. The molecule has 5 nitrogen and oxygen atoms in total. The molecule has 2 heterocycles. The highest BCUT2D eigenvalue weighted by atomic mass is 32.1. The first-order valence-corrected chi connectivity index (χ1v) is 8.71. The first-order chi connectivity index (χ1) is 12.4. The van der Waals surface area contributed by atoms with Gasteiger partial charge in [0.2, 0.25) is 0 Å². The van der Waals surface area contributed by atoms with E-state index in [1.807, 2.05) is 6.92 Å². The number of halogens is 1. The van der Waals surface area contributed by atoms with Crippen LogP contribution in [0, 0.1) is 12.7 Å². The summed E-state index contributed by atoms with van der Waals surface area (Å²) >= 11 is 1.20. The van der Waals surface area contributed by atoms with Gasteiger partial charge in [-0.15, -0.1) is 11.3 Å². The van der Waals surface area contributed by atoms with Gasteiger partial charge in [0.05, 0.1) is 16.1 Å². The smallest absolute Gasteiger partial charge is 0.291 e. The molecule has 3 rings (SSSR count). The predicted octanol–water partition coefficient (Wildman–Crippen LogP) is 4.31. The Morgan fingerprint density at radius 1 is 1.23 bits per heavy atom. The molecule has 0 fully saturated rings. The molecule has 0 saturated carbocycles. The van der Waals surface area contributed by atoms with Crippen molar-refractivity contribution in [1.29, 1.82) is 0 Å². The van der Waals surface area contributed by atoms with Crippen LogP contribution < -0.4 is 5.32 Å². The van der Waals surface area contributed by atoms with Gasteiger partial charge in [0.25, 0.3) is 11.8 Å². The first-order valence-electron chi connectivity index (χ1n) is 7.89. The zero-order chi connectivity index (χ0) is 18.7. The molecule has 7 heteroatoms. The van der Waals surface area contributed by atoms with Gasteiger partial charge >= 0.3 is 0 Å². The molecule has 2 amide bonds. The highest BCUT2D eigenvalue weighted by Crippen LogP contribution is 2.28. The van der Waals surface area contributed by atoms with Crippen LogP contribution in [-0.4, -0.2) is 23.8 Å². The van der Waals surface area contributed by atoms with Crippen molar-refractivity contribution in [3.05, 3.63) is 76.3 Å². The van der Waals surface area contributed by atoms with Crippen LogP contribution in [0.5, 0.6) is 0 Å². The standard InChI is InChI=1S/C19H17FN2O3S/c1-12-9-16(21-18(23)15-7-4-8-25-15)26-17(12)19(24)22(2)11-13-5-3-6-14(20)10-13/h3-10H,11H2,1-2H3,(H,21,23). The Labute approximate surface area is 154 Å². The topological polar surface area (TPSA) is 62.6 Å². The van der Waals surface area contributed by atoms with Crippen molar-refractivity contribution in [2.75, 3.05) is 12.4 Å². The summed E-state index contributed by atoms with van der Waals surface area (Å²) in [6, 6.07) is 11.1. The van der Waals surface area contributed by atoms with E-state index in [2.05, 4.69) is 5.32 Å². The van der Waals surface area contributed by atoms with E-state index in [1.165, 1.54) is 34.6 Å². The number of nitrogens with zero attached hydrogens (tertiary/aromatic N) is 1. The highest BCUT2D eigenvalue weighted by molar-refractivity contribution is 7.18. The Balaban J connectivity index is 1.71. The van der Waals surface area contributed by atoms with Crippen molar-refractivity contribution < 1.29 is 18.4 Å². The third-order valence-corrected chi connectivity index (χ3v) is 4.89. The number of aryl methyl sites for hydroxylation is 1. The lowest BCUT2D eigenvalue weighted by Gasteiger charge is -2.17. The van der Waals surface area contributed by atoms with Crippen LogP contribution in [0.2, 0.25) is 0 Å². The van der Waals surface area contributed by atoms with Crippen LogP contribution in [0.25, 0.3) is 0 Å². The summed E-state index contributed by atoms with van der Waals surface area (Å²) in [5, 5.41) is 3.28. The summed E-state index contributed by atoms with van der Waals surface area (Å²) in [5.74, 6) is -0.690. The Morgan fingerprint density at radius 2 is 2.04 bits per heavy atom. The number of hydrogen-bond acceptors (Lipinski definition) is 4. The lowest BCUT2D eigenvalue weighted by Crippen LogP contribution is -2.26. The van der Waals surface area contributed by atoms with Crippen LogP contribution >= 0.6 is 11.3 Å². The number of benzene rings is 1. The maximum absolute atomic E-state index is 13.3. The SMILES string of the molecule is Cc1cc(NC(=O)c2ccco2)sc1C(=O)N(C)Cc1cccc(F)c1. The number of anilines is 1. The molecule has 0 spiro atoms. The molecule has 0 saturated heterocycles. The second-order valence-corrected chi connectivity index (χ2v) is 6.90. The number of nitrogens with one attached hydrogen (secondary N) is 1. The number of thiophene rings is 1.